The number of hydrogen-bond donors (Lipinski definition) is 2. The van der Waals surface area contributed by atoms with Gasteiger partial charge in [-0.05, 0) is 37.5 Å². The molecule has 1 atom stereocenters. The molecule has 2 N–H and O–H groups in total. The Hall–Kier alpha value is -2.54. The Morgan fingerprint density at radius 1 is 1.21 bits per heavy atom. The zero-order chi connectivity index (χ0) is 21.0. The Kier molecular flexibility index (Phi) is 7.07. The van der Waals surface area contributed by atoms with Gasteiger partial charge < -0.3 is 24.6 Å². The van der Waals surface area contributed by atoms with Crippen molar-refractivity contribution in [2.24, 2.45) is 5.92 Å². The van der Waals surface area contributed by atoms with Gasteiger partial charge in [-0.15, -0.1) is 0 Å². The van der Waals surface area contributed by atoms with Crippen LogP contribution in [0.25, 0.3) is 0 Å². The first-order valence-electron chi connectivity index (χ1n) is 9.43. The lowest BCUT2D eigenvalue weighted by molar-refractivity contribution is -0.130. The highest BCUT2D eigenvalue weighted by Gasteiger charge is 2.43. The van der Waals surface area contributed by atoms with Crippen LogP contribution < -0.4 is 4.74 Å². The Morgan fingerprint density at radius 2 is 1.89 bits per heavy atom. The number of phenols is 1. The molecule has 154 valence electrons. The molecule has 1 unspecified atom stereocenters. The number of ketones is 1. The molecule has 1 aliphatic rings. The lowest BCUT2D eigenvalue weighted by Gasteiger charge is -2.27. The second-order valence-electron chi connectivity index (χ2n) is 7.54. The summed E-state index contributed by atoms with van der Waals surface area (Å²) in [5, 5.41) is 20.6. The molecule has 1 aromatic rings. The van der Waals surface area contributed by atoms with Crippen LogP contribution in [0.1, 0.15) is 45.7 Å². The lowest BCUT2D eigenvalue weighted by atomic mass is 9.92. The first-order valence-corrected chi connectivity index (χ1v) is 9.43. The van der Waals surface area contributed by atoms with Crippen molar-refractivity contribution in [2.45, 2.75) is 46.3 Å². The predicted molar refractivity (Wildman–Crippen MR) is 104 cm³/mol. The molecule has 0 fully saturated rings. The van der Waals surface area contributed by atoms with E-state index < -0.39 is 17.7 Å². The first-order chi connectivity index (χ1) is 13.2. The molecule has 28 heavy (non-hydrogen) atoms. The number of carbonyl (C=O) groups is 2. The number of methoxy groups -OCH3 is 1. The summed E-state index contributed by atoms with van der Waals surface area (Å²) in [5.74, 6) is -1.17. The van der Waals surface area contributed by atoms with Gasteiger partial charge in [0.15, 0.2) is 23.0 Å². The van der Waals surface area contributed by atoms with Crippen molar-refractivity contribution in [1.82, 2.24) is 4.90 Å². The average Bonchev–Trinajstić information content (AvgIpc) is 2.85. The standard InChI is InChI=1S/C21H29NO6/c1-12(2)10-16(24)18-19(14-6-7-17(27-5)15(23)11-14)22(21(26)20(18)25)8-9-28-13(3)4/h6-7,11-13,19,23,25H,8-10H2,1-5H3. The molecule has 1 heterocycles. The fourth-order valence-electron chi connectivity index (χ4n) is 3.26. The van der Waals surface area contributed by atoms with Crippen LogP contribution in [0.2, 0.25) is 0 Å². The van der Waals surface area contributed by atoms with E-state index in [2.05, 4.69) is 0 Å². The van der Waals surface area contributed by atoms with E-state index in [1.165, 1.54) is 18.1 Å². The van der Waals surface area contributed by atoms with Crippen molar-refractivity contribution in [3.05, 3.63) is 35.1 Å². The summed E-state index contributed by atoms with van der Waals surface area (Å²) in [6.45, 7) is 8.04. The van der Waals surface area contributed by atoms with Gasteiger partial charge in [0.25, 0.3) is 5.91 Å². The zero-order valence-corrected chi connectivity index (χ0v) is 17.1. The van der Waals surface area contributed by atoms with E-state index in [0.29, 0.717) is 5.56 Å². The van der Waals surface area contributed by atoms with Crippen LogP contribution in [-0.4, -0.2) is 53.2 Å². The second-order valence-corrected chi connectivity index (χ2v) is 7.54. The maximum Gasteiger partial charge on any atom is 0.290 e. The highest BCUT2D eigenvalue weighted by atomic mass is 16.5. The van der Waals surface area contributed by atoms with Crippen molar-refractivity contribution < 1.29 is 29.3 Å². The summed E-state index contributed by atoms with van der Waals surface area (Å²) >= 11 is 0. The molecule has 7 heteroatoms. The number of carbonyl (C=O) groups excluding carboxylic acids is 2. The highest BCUT2D eigenvalue weighted by Crippen LogP contribution is 2.41. The highest BCUT2D eigenvalue weighted by molar-refractivity contribution is 6.09. The molecule has 0 aromatic heterocycles. The summed E-state index contributed by atoms with van der Waals surface area (Å²) in [5.41, 5.74) is 0.583. The minimum absolute atomic E-state index is 0.00946. The van der Waals surface area contributed by atoms with Crippen LogP contribution in [0, 0.1) is 5.92 Å². The molecule has 0 bridgehead atoms. The lowest BCUT2D eigenvalue weighted by Crippen LogP contribution is -2.34. The van der Waals surface area contributed by atoms with Gasteiger partial charge in [-0.25, -0.2) is 0 Å². The fourth-order valence-corrected chi connectivity index (χ4v) is 3.26. The fraction of sp³-hybridized carbons (Fsp3) is 0.524. The minimum atomic E-state index is -0.786. The van der Waals surface area contributed by atoms with E-state index in [1.807, 2.05) is 27.7 Å². The van der Waals surface area contributed by atoms with Gasteiger partial charge in [-0.2, -0.15) is 0 Å². The average molecular weight is 391 g/mol. The first kappa shape index (κ1) is 21.8. The number of nitrogens with zero attached hydrogens (tertiary/aromatic N) is 1. The van der Waals surface area contributed by atoms with Gasteiger partial charge in [0.1, 0.15) is 0 Å². The monoisotopic (exact) mass is 391 g/mol. The molecule has 0 saturated heterocycles. The molecule has 1 aliphatic heterocycles. The number of aliphatic hydroxyl groups is 1. The number of rotatable bonds is 9. The van der Waals surface area contributed by atoms with Crippen LogP contribution in [0.4, 0.5) is 0 Å². The molecule has 0 radical (unpaired) electrons. The smallest absolute Gasteiger partial charge is 0.290 e. The summed E-state index contributed by atoms with van der Waals surface area (Å²) in [6, 6.07) is 3.91. The maximum absolute atomic E-state index is 12.8. The molecule has 1 aromatic carbocycles. The normalized spacial score (nSPS) is 17.2. The molecular weight excluding hydrogens is 362 g/mol. The Balaban J connectivity index is 2.45. The van der Waals surface area contributed by atoms with E-state index in [9.17, 15) is 19.8 Å². The van der Waals surface area contributed by atoms with Crippen LogP contribution in [0.5, 0.6) is 11.5 Å². The predicted octanol–water partition coefficient (Wildman–Crippen LogP) is 3.14. The van der Waals surface area contributed by atoms with Gasteiger partial charge in [0, 0.05) is 13.0 Å². The SMILES string of the molecule is COc1ccc(C2C(C(=O)CC(C)C)=C(O)C(=O)N2CCOC(C)C)cc1O. The second kappa shape index (κ2) is 9.10. The quantitative estimate of drug-likeness (QED) is 0.671. The van der Waals surface area contributed by atoms with Gasteiger partial charge in [-0.3, -0.25) is 9.59 Å². The van der Waals surface area contributed by atoms with Gasteiger partial charge >= 0.3 is 0 Å². The van der Waals surface area contributed by atoms with Gasteiger partial charge in [0.2, 0.25) is 0 Å². The molecule has 0 aliphatic carbocycles. The topological polar surface area (TPSA) is 96.3 Å². The summed E-state index contributed by atoms with van der Waals surface area (Å²) in [6.07, 6.45) is 0.201. The molecule has 7 nitrogen and oxygen atoms in total. The van der Waals surface area contributed by atoms with Crippen molar-refractivity contribution >= 4 is 11.7 Å². The largest absolute Gasteiger partial charge is 0.504 e. The van der Waals surface area contributed by atoms with Crippen molar-refractivity contribution in [1.29, 1.82) is 0 Å². The molecule has 0 spiro atoms. The van der Waals surface area contributed by atoms with Crippen LogP contribution in [0.15, 0.2) is 29.5 Å². The van der Waals surface area contributed by atoms with E-state index in [4.69, 9.17) is 9.47 Å². The van der Waals surface area contributed by atoms with Crippen molar-refractivity contribution in [3.8, 4) is 11.5 Å². The van der Waals surface area contributed by atoms with Crippen LogP contribution in [0.3, 0.4) is 0 Å². The molecular formula is C21H29NO6. The summed E-state index contributed by atoms with van der Waals surface area (Å²) in [4.78, 5) is 26.9. The van der Waals surface area contributed by atoms with Crippen LogP contribution >= 0.6 is 0 Å². The third-order valence-corrected chi connectivity index (χ3v) is 4.50. The number of benzene rings is 1. The van der Waals surface area contributed by atoms with Crippen molar-refractivity contribution in [3.63, 3.8) is 0 Å². The maximum atomic E-state index is 12.8. The van der Waals surface area contributed by atoms with Gasteiger partial charge in [-0.1, -0.05) is 19.9 Å². The number of aliphatic hydroxyl groups excluding tert-OH is 1. The number of Topliss-reactive ketones (excluding diaryl/α,β-unsaturated/α-hetero) is 1. The van der Waals surface area contributed by atoms with E-state index in [-0.39, 0.29) is 54.4 Å². The molecule has 0 saturated carbocycles. The molecule has 1 amide bonds. The van der Waals surface area contributed by atoms with Gasteiger partial charge in [0.05, 0.1) is 31.4 Å². The van der Waals surface area contributed by atoms with E-state index in [1.54, 1.807) is 12.1 Å². The number of ether oxygens (including phenoxy) is 2. The Morgan fingerprint density at radius 3 is 2.43 bits per heavy atom. The Bertz CT molecular complexity index is 768. The zero-order valence-electron chi connectivity index (χ0n) is 17.1. The van der Waals surface area contributed by atoms with E-state index in [0.717, 1.165) is 0 Å². The number of amides is 1. The molecule has 2 rings (SSSR count). The Labute approximate surface area is 165 Å². The van der Waals surface area contributed by atoms with E-state index >= 15 is 0 Å². The summed E-state index contributed by atoms with van der Waals surface area (Å²) < 4.78 is 10.6. The number of aromatic hydroxyl groups is 1. The summed E-state index contributed by atoms with van der Waals surface area (Å²) in [7, 11) is 1.44. The number of phenolic OH excluding ortho intramolecular Hbond substituents is 1. The third-order valence-electron chi connectivity index (χ3n) is 4.50. The van der Waals surface area contributed by atoms with Crippen molar-refractivity contribution in [2.75, 3.05) is 20.3 Å². The number of hydrogen-bond acceptors (Lipinski definition) is 6. The third kappa shape index (κ3) is 4.65. The van der Waals surface area contributed by atoms with Crippen LogP contribution in [-0.2, 0) is 14.3 Å². The minimum Gasteiger partial charge on any atom is -0.504 e.